The molecule has 88 valence electrons. The number of thiophene rings is 1. The predicted octanol–water partition coefficient (Wildman–Crippen LogP) is 3.24. The maximum absolute atomic E-state index is 11.8. The van der Waals surface area contributed by atoms with E-state index >= 15 is 0 Å². The molecule has 0 aliphatic heterocycles. The predicted molar refractivity (Wildman–Crippen MR) is 71.3 cm³/mol. The second-order valence-electron chi connectivity index (χ2n) is 3.77. The minimum absolute atomic E-state index is 0.0129. The zero-order valence-corrected chi connectivity index (χ0v) is 10.6. The molecule has 0 radical (unpaired) electrons. The SMILES string of the molecule is CCc1ccsc1CNC(=O)c1ccccc1. The molecule has 0 atom stereocenters. The lowest BCUT2D eigenvalue weighted by molar-refractivity contribution is 0.0951. The van der Waals surface area contributed by atoms with Gasteiger partial charge in [0, 0.05) is 10.4 Å². The van der Waals surface area contributed by atoms with Crippen molar-refractivity contribution in [2.24, 2.45) is 0 Å². The molecule has 0 fully saturated rings. The first-order valence-electron chi connectivity index (χ1n) is 5.69. The van der Waals surface area contributed by atoms with E-state index in [2.05, 4.69) is 23.7 Å². The number of carbonyl (C=O) groups excluding carboxylic acids is 1. The molecule has 0 bridgehead atoms. The van der Waals surface area contributed by atoms with Gasteiger partial charge in [-0.15, -0.1) is 11.3 Å². The Morgan fingerprint density at radius 1 is 1.24 bits per heavy atom. The molecule has 1 aromatic carbocycles. The summed E-state index contributed by atoms with van der Waals surface area (Å²) in [5, 5.41) is 5.02. The lowest BCUT2D eigenvalue weighted by atomic mass is 10.2. The summed E-state index contributed by atoms with van der Waals surface area (Å²) in [5.74, 6) is -0.0129. The molecule has 1 aromatic heterocycles. The molecule has 0 saturated heterocycles. The maximum Gasteiger partial charge on any atom is 0.251 e. The molecule has 1 heterocycles. The highest BCUT2D eigenvalue weighted by Gasteiger charge is 2.06. The van der Waals surface area contributed by atoms with Gasteiger partial charge in [-0.1, -0.05) is 25.1 Å². The van der Waals surface area contributed by atoms with Crippen molar-refractivity contribution in [3.05, 3.63) is 57.8 Å². The third kappa shape index (κ3) is 2.94. The molecule has 1 amide bonds. The molecule has 0 saturated carbocycles. The summed E-state index contributed by atoms with van der Waals surface area (Å²) >= 11 is 1.70. The van der Waals surface area contributed by atoms with Crippen molar-refractivity contribution in [2.75, 3.05) is 0 Å². The third-order valence-corrected chi connectivity index (χ3v) is 3.63. The Kier molecular flexibility index (Phi) is 3.94. The molecular formula is C14H15NOS. The molecule has 2 rings (SSSR count). The van der Waals surface area contributed by atoms with Crippen LogP contribution in [0.3, 0.4) is 0 Å². The van der Waals surface area contributed by atoms with Gasteiger partial charge in [-0.05, 0) is 35.6 Å². The maximum atomic E-state index is 11.8. The minimum atomic E-state index is -0.0129. The number of carbonyl (C=O) groups is 1. The van der Waals surface area contributed by atoms with Gasteiger partial charge in [0.05, 0.1) is 6.54 Å². The normalized spacial score (nSPS) is 10.2. The summed E-state index contributed by atoms with van der Waals surface area (Å²) in [6, 6.07) is 11.4. The molecule has 0 aliphatic carbocycles. The van der Waals surface area contributed by atoms with Crippen molar-refractivity contribution in [1.82, 2.24) is 5.32 Å². The molecule has 0 unspecified atom stereocenters. The smallest absolute Gasteiger partial charge is 0.251 e. The van der Waals surface area contributed by atoms with E-state index in [1.165, 1.54) is 10.4 Å². The van der Waals surface area contributed by atoms with E-state index in [1.54, 1.807) is 11.3 Å². The Balaban J connectivity index is 1.97. The number of rotatable bonds is 4. The lowest BCUT2D eigenvalue weighted by Gasteiger charge is -2.05. The van der Waals surface area contributed by atoms with Gasteiger partial charge >= 0.3 is 0 Å². The van der Waals surface area contributed by atoms with Gasteiger partial charge in [0.15, 0.2) is 0 Å². The van der Waals surface area contributed by atoms with Crippen molar-refractivity contribution >= 4 is 17.2 Å². The van der Waals surface area contributed by atoms with Crippen molar-refractivity contribution in [3.8, 4) is 0 Å². The van der Waals surface area contributed by atoms with Crippen molar-refractivity contribution in [1.29, 1.82) is 0 Å². The van der Waals surface area contributed by atoms with Crippen LogP contribution in [0.2, 0.25) is 0 Å². The van der Waals surface area contributed by atoms with Crippen LogP contribution in [0.1, 0.15) is 27.7 Å². The zero-order valence-electron chi connectivity index (χ0n) is 9.77. The van der Waals surface area contributed by atoms with E-state index in [1.807, 2.05) is 30.3 Å². The van der Waals surface area contributed by atoms with E-state index in [0.29, 0.717) is 12.1 Å². The fourth-order valence-corrected chi connectivity index (χ4v) is 2.61. The fourth-order valence-electron chi connectivity index (χ4n) is 1.69. The van der Waals surface area contributed by atoms with Crippen molar-refractivity contribution < 1.29 is 4.79 Å². The van der Waals surface area contributed by atoms with Gasteiger partial charge in [0.1, 0.15) is 0 Å². The van der Waals surface area contributed by atoms with Crippen LogP contribution >= 0.6 is 11.3 Å². The number of hydrogen-bond donors (Lipinski definition) is 1. The average molecular weight is 245 g/mol. The van der Waals surface area contributed by atoms with Crippen LogP contribution in [0.15, 0.2) is 41.8 Å². The van der Waals surface area contributed by atoms with Crippen LogP contribution in [0.25, 0.3) is 0 Å². The molecule has 0 aliphatic rings. The number of benzene rings is 1. The van der Waals surface area contributed by atoms with Gasteiger partial charge < -0.3 is 5.32 Å². The zero-order chi connectivity index (χ0) is 12.1. The highest BCUT2D eigenvalue weighted by molar-refractivity contribution is 7.10. The molecule has 0 spiro atoms. The van der Waals surface area contributed by atoms with Crippen molar-refractivity contribution in [3.63, 3.8) is 0 Å². The first-order valence-corrected chi connectivity index (χ1v) is 6.57. The highest BCUT2D eigenvalue weighted by Crippen LogP contribution is 2.17. The number of aryl methyl sites for hydroxylation is 1. The van der Waals surface area contributed by atoms with E-state index < -0.39 is 0 Å². The molecule has 3 heteroatoms. The average Bonchev–Trinajstić information content (AvgIpc) is 2.84. The van der Waals surface area contributed by atoms with Crippen LogP contribution < -0.4 is 5.32 Å². The first kappa shape index (κ1) is 11.9. The second-order valence-corrected chi connectivity index (χ2v) is 4.77. The van der Waals surface area contributed by atoms with Crippen LogP contribution in [0.4, 0.5) is 0 Å². The Morgan fingerprint density at radius 2 is 2.00 bits per heavy atom. The van der Waals surface area contributed by atoms with Gasteiger partial charge in [-0.25, -0.2) is 0 Å². The van der Waals surface area contributed by atoms with Gasteiger partial charge in [-0.2, -0.15) is 0 Å². The monoisotopic (exact) mass is 245 g/mol. The third-order valence-electron chi connectivity index (χ3n) is 2.66. The summed E-state index contributed by atoms with van der Waals surface area (Å²) in [6.45, 7) is 2.75. The van der Waals surface area contributed by atoms with Crippen LogP contribution in [-0.2, 0) is 13.0 Å². The van der Waals surface area contributed by atoms with Gasteiger partial charge in [0.2, 0.25) is 0 Å². The molecule has 17 heavy (non-hydrogen) atoms. The number of nitrogens with one attached hydrogen (secondary N) is 1. The topological polar surface area (TPSA) is 29.1 Å². The fraction of sp³-hybridized carbons (Fsp3) is 0.214. The van der Waals surface area contributed by atoms with Gasteiger partial charge in [0.25, 0.3) is 5.91 Å². The van der Waals surface area contributed by atoms with E-state index in [-0.39, 0.29) is 5.91 Å². The second kappa shape index (κ2) is 5.64. The van der Waals surface area contributed by atoms with E-state index in [9.17, 15) is 4.79 Å². The Labute approximate surface area is 105 Å². The first-order chi connectivity index (χ1) is 8.31. The molecular weight excluding hydrogens is 230 g/mol. The molecule has 2 nitrogen and oxygen atoms in total. The number of hydrogen-bond acceptors (Lipinski definition) is 2. The number of amides is 1. The lowest BCUT2D eigenvalue weighted by Crippen LogP contribution is -2.22. The summed E-state index contributed by atoms with van der Waals surface area (Å²) in [4.78, 5) is 13.1. The standard InChI is InChI=1S/C14H15NOS/c1-2-11-8-9-17-13(11)10-15-14(16)12-6-4-3-5-7-12/h3-9H,2,10H2,1H3,(H,15,16). The van der Waals surface area contributed by atoms with E-state index in [0.717, 1.165) is 6.42 Å². The summed E-state index contributed by atoms with van der Waals surface area (Å²) < 4.78 is 0. The molecule has 1 N–H and O–H groups in total. The van der Waals surface area contributed by atoms with Crippen molar-refractivity contribution in [2.45, 2.75) is 19.9 Å². The summed E-state index contributed by atoms with van der Waals surface area (Å²) in [5.41, 5.74) is 2.03. The summed E-state index contributed by atoms with van der Waals surface area (Å²) in [7, 11) is 0. The minimum Gasteiger partial charge on any atom is -0.347 e. The Morgan fingerprint density at radius 3 is 2.71 bits per heavy atom. The largest absolute Gasteiger partial charge is 0.347 e. The van der Waals surface area contributed by atoms with Gasteiger partial charge in [-0.3, -0.25) is 4.79 Å². The van der Waals surface area contributed by atoms with E-state index in [4.69, 9.17) is 0 Å². The highest BCUT2D eigenvalue weighted by atomic mass is 32.1. The van der Waals surface area contributed by atoms with Crippen LogP contribution in [-0.4, -0.2) is 5.91 Å². The van der Waals surface area contributed by atoms with Crippen LogP contribution in [0.5, 0.6) is 0 Å². The Hall–Kier alpha value is -1.61. The summed E-state index contributed by atoms with van der Waals surface area (Å²) in [6.07, 6.45) is 1.01. The Bertz CT molecular complexity index is 490. The van der Waals surface area contributed by atoms with Crippen LogP contribution in [0, 0.1) is 0 Å². The molecule has 2 aromatic rings. The quantitative estimate of drug-likeness (QED) is 0.880.